The molecule has 1 fully saturated rings. The molecule has 0 radical (unpaired) electrons. The van der Waals surface area contributed by atoms with Crippen molar-refractivity contribution in [2.24, 2.45) is 10.9 Å². The number of methoxy groups -OCH3 is 1. The van der Waals surface area contributed by atoms with Crippen molar-refractivity contribution in [1.29, 1.82) is 0 Å². The summed E-state index contributed by atoms with van der Waals surface area (Å²) < 4.78 is 16.9. The summed E-state index contributed by atoms with van der Waals surface area (Å²) in [5.41, 5.74) is 2.30. The van der Waals surface area contributed by atoms with Crippen molar-refractivity contribution in [2.45, 2.75) is 32.4 Å². The van der Waals surface area contributed by atoms with E-state index in [1.54, 1.807) is 7.11 Å². The number of aliphatic imine (C=N–C) groups is 1. The highest BCUT2D eigenvalue weighted by Crippen LogP contribution is 2.34. The molecule has 0 spiro atoms. The zero-order valence-corrected chi connectivity index (χ0v) is 18.4. The summed E-state index contributed by atoms with van der Waals surface area (Å²) in [5, 5.41) is 3.44. The molecule has 7 heteroatoms. The predicted molar refractivity (Wildman–Crippen MR) is 114 cm³/mol. The van der Waals surface area contributed by atoms with Gasteiger partial charge in [-0.2, -0.15) is 0 Å². The Labute approximate surface area is 173 Å². The molecular weight excluding hydrogens is 445 g/mol. The van der Waals surface area contributed by atoms with E-state index in [0.717, 1.165) is 55.6 Å². The van der Waals surface area contributed by atoms with Crippen LogP contribution in [0.3, 0.4) is 0 Å². The van der Waals surface area contributed by atoms with Crippen LogP contribution in [-0.2, 0) is 17.7 Å². The van der Waals surface area contributed by atoms with Gasteiger partial charge < -0.3 is 24.4 Å². The zero-order chi connectivity index (χ0) is 17.8. The molecule has 2 aliphatic rings. The molecule has 3 rings (SSSR count). The zero-order valence-electron chi connectivity index (χ0n) is 16.1. The van der Waals surface area contributed by atoms with Gasteiger partial charge in [0.15, 0.2) is 5.96 Å². The third-order valence-electron chi connectivity index (χ3n) is 4.87. The van der Waals surface area contributed by atoms with Crippen LogP contribution in [0.1, 0.15) is 24.5 Å². The first kappa shape index (κ1) is 21.1. The Bertz CT molecular complexity index is 633. The lowest BCUT2D eigenvalue weighted by atomic mass is 10.1. The van der Waals surface area contributed by atoms with Crippen LogP contribution >= 0.6 is 24.0 Å². The van der Waals surface area contributed by atoms with Gasteiger partial charge in [0.25, 0.3) is 0 Å². The minimum Gasteiger partial charge on any atom is -0.496 e. The van der Waals surface area contributed by atoms with Crippen LogP contribution in [0.25, 0.3) is 0 Å². The van der Waals surface area contributed by atoms with Crippen LogP contribution in [0.15, 0.2) is 17.1 Å². The summed E-state index contributed by atoms with van der Waals surface area (Å²) in [4.78, 5) is 6.57. The highest BCUT2D eigenvalue weighted by atomic mass is 127. The van der Waals surface area contributed by atoms with Crippen molar-refractivity contribution >= 4 is 29.9 Å². The summed E-state index contributed by atoms with van der Waals surface area (Å²) >= 11 is 0. The fourth-order valence-corrected chi connectivity index (χ4v) is 3.57. The van der Waals surface area contributed by atoms with E-state index >= 15 is 0 Å². The van der Waals surface area contributed by atoms with E-state index < -0.39 is 0 Å². The molecule has 0 bridgehead atoms. The Morgan fingerprint density at radius 1 is 1.42 bits per heavy atom. The van der Waals surface area contributed by atoms with Gasteiger partial charge in [-0.15, -0.1) is 24.0 Å². The maximum Gasteiger partial charge on any atom is 0.193 e. The van der Waals surface area contributed by atoms with Crippen LogP contribution in [0.5, 0.6) is 11.5 Å². The molecular formula is C19H30IN3O3. The molecule has 26 heavy (non-hydrogen) atoms. The molecule has 1 N–H and O–H groups in total. The molecule has 1 saturated heterocycles. The van der Waals surface area contributed by atoms with Crippen molar-refractivity contribution < 1.29 is 14.2 Å². The maximum atomic E-state index is 5.88. The average Bonchev–Trinajstić information content (AvgIpc) is 3.22. The lowest BCUT2D eigenvalue weighted by molar-refractivity contribution is 0.181. The lowest BCUT2D eigenvalue weighted by Gasteiger charge is -2.25. The maximum absolute atomic E-state index is 5.88. The molecule has 0 saturated carbocycles. The molecule has 0 aromatic heterocycles. The molecule has 2 aliphatic heterocycles. The third-order valence-corrected chi connectivity index (χ3v) is 4.87. The number of benzene rings is 1. The summed E-state index contributed by atoms with van der Waals surface area (Å²) in [7, 11) is 5.60. The number of fused-ring (bicyclic) bond motifs is 1. The van der Waals surface area contributed by atoms with Crippen LogP contribution in [0, 0.1) is 5.92 Å². The second kappa shape index (κ2) is 9.64. The van der Waals surface area contributed by atoms with Crippen LogP contribution in [-0.4, -0.2) is 57.9 Å². The minimum atomic E-state index is 0. The van der Waals surface area contributed by atoms with Crippen LogP contribution in [0.2, 0.25) is 0 Å². The number of guanidine groups is 1. The monoisotopic (exact) mass is 475 g/mol. The summed E-state index contributed by atoms with van der Waals surface area (Å²) in [5.74, 6) is 3.32. The Morgan fingerprint density at radius 2 is 2.23 bits per heavy atom. The predicted octanol–water partition coefficient (Wildman–Crippen LogP) is 2.68. The molecule has 0 amide bonds. The molecule has 146 valence electrons. The minimum absolute atomic E-state index is 0. The number of halogens is 1. The van der Waals surface area contributed by atoms with E-state index in [1.807, 2.05) is 7.05 Å². The molecule has 2 unspecified atom stereocenters. The largest absolute Gasteiger partial charge is 0.496 e. The molecule has 2 heterocycles. The van der Waals surface area contributed by atoms with E-state index in [9.17, 15) is 0 Å². The normalized spacial score (nSPS) is 21.6. The smallest absolute Gasteiger partial charge is 0.193 e. The van der Waals surface area contributed by atoms with E-state index in [2.05, 4.69) is 41.3 Å². The second-order valence-corrected chi connectivity index (χ2v) is 6.92. The van der Waals surface area contributed by atoms with Crippen LogP contribution < -0.4 is 14.8 Å². The second-order valence-electron chi connectivity index (χ2n) is 6.92. The topological polar surface area (TPSA) is 55.3 Å². The molecule has 0 aliphatic carbocycles. The highest BCUT2D eigenvalue weighted by molar-refractivity contribution is 14.0. The van der Waals surface area contributed by atoms with E-state index in [-0.39, 0.29) is 30.1 Å². The molecule has 2 atom stereocenters. The Morgan fingerprint density at radius 3 is 2.88 bits per heavy atom. The Hall–Kier alpha value is -1.22. The lowest BCUT2D eigenvalue weighted by Crippen LogP contribution is -2.41. The average molecular weight is 475 g/mol. The SMILES string of the molecule is CN=C(NCc1cc2c(cc1OC)CC(C)O2)N(C)CC1CCOC1.I. The molecule has 6 nitrogen and oxygen atoms in total. The van der Waals surface area contributed by atoms with Gasteiger partial charge >= 0.3 is 0 Å². The van der Waals surface area contributed by atoms with Gasteiger partial charge in [-0.05, 0) is 25.5 Å². The van der Waals surface area contributed by atoms with Crippen molar-refractivity contribution in [2.75, 3.05) is 41.0 Å². The first-order valence-electron chi connectivity index (χ1n) is 8.96. The number of hydrogen-bond acceptors (Lipinski definition) is 4. The van der Waals surface area contributed by atoms with Gasteiger partial charge in [-0.25, -0.2) is 0 Å². The van der Waals surface area contributed by atoms with Gasteiger partial charge in [-0.1, -0.05) is 0 Å². The van der Waals surface area contributed by atoms with E-state index in [0.29, 0.717) is 12.5 Å². The Balaban J connectivity index is 0.00000243. The van der Waals surface area contributed by atoms with E-state index in [1.165, 1.54) is 5.56 Å². The van der Waals surface area contributed by atoms with Gasteiger partial charge in [0.2, 0.25) is 0 Å². The first-order chi connectivity index (χ1) is 12.1. The van der Waals surface area contributed by atoms with Gasteiger partial charge in [0, 0.05) is 57.3 Å². The summed E-state index contributed by atoms with van der Waals surface area (Å²) in [6, 6.07) is 4.18. The summed E-state index contributed by atoms with van der Waals surface area (Å²) in [6.07, 6.45) is 2.29. The molecule has 1 aromatic rings. The highest BCUT2D eigenvalue weighted by Gasteiger charge is 2.22. The van der Waals surface area contributed by atoms with Gasteiger partial charge in [0.1, 0.15) is 17.6 Å². The van der Waals surface area contributed by atoms with E-state index in [4.69, 9.17) is 14.2 Å². The van der Waals surface area contributed by atoms with Crippen molar-refractivity contribution in [3.8, 4) is 11.5 Å². The van der Waals surface area contributed by atoms with Crippen molar-refractivity contribution in [1.82, 2.24) is 10.2 Å². The standard InChI is InChI=1S/C19H29N3O3.HI/c1-13-7-15-8-17(23-4)16(9-18(15)25-13)10-21-19(20-2)22(3)11-14-5-6-24-12-14;/h8-9,13-14H,5-7,10-12H2,1-4H3,(H,20,21);1H. The number of nitrogens with one attached hydrogen (secondary N) is 1. The van der Waals surface area contributed by atoms with Gasteiger partial charge in [0.05, 0.1) is 13.7 Å². The summed E-state index contributed by atoms with van der Waals surface area (Å²) in [6.45, 7) is 5.40. The van der Waals surface area contributed by atoms with Crippen molar-refractivity contribution in [3.63, 3.8) is 0 Å². The van der Waals surface area contributed by atoms with Crippen molar-refractivity contribution in [3.05, 3.63) is 23.3 Å². The fourth-order valence-electron chi connectivity index (χ4n) is 3.57. The molecule has 1 aromatic carbocycles. The van der Waals surface area contributed by atoms with Gasteiger partial charge in [-0.3, -0.25) is 4.99 Å². The number of nitrogens with zero attached hydrogens (tertiary/aromatic N) is 2. The Kier molecular flexibility index (Phi) is 7.82. The fraction of sp³-hybridized carbons (Fsp3) is 0.632. The third kappa shape index (κ3) is 4.94. The van der Waals surface area contributed by atoms with Crippen LogP contribution in [0.4, 0.5) is 0 Å². The number of rotatable bonds is 5. The number of hydrogen-bond donors (Lipinski definition) is 1. The first-order valence-corrected chi connectivity index (χ1v) is 8.96. The quantitative estimate of drug-likeness (QED) is 0.403. The number of ether oxygens (including phenoxy) is 3.